The van der Waals surface area contributed by atoms with E-state index in [4.69, 9.17) is 5.26 Å². The van der Waals surface area contributed by atoms with Crippen LogP contribution in [0.4, 0.5) is 26.3 Å². The molecule has 118 valence electrons. The largest absolute Gasteiger partial charge is 0.433 e. The van der Waals surface area contributed by atoms with Crippen molar-refractivity contribution in [3.63, 3.8) is 0 Å². The second-order valence-electron chi connectivity index (χ2n) is 4.47. The molecule has 0 amide bonds. The molecule has 0 saturated heterocycles. The van der Waals surface area contributed by atoms with E-state index in [0.29, 0.717) is 0 Å². The smallest absolute Gasteiger partial charge is 0.246 e. The van der Waals surface area contributed by atoms with Gasteiger partial charge in [-0.05, 0) is 13.0 Å². The van der Waals surface area contributed by atoms with E-state index >= 15 is 0 Å². The highest BCUT2D eigenvalue weighted by Crippen LogP contribution is 2.39. The van der Waals surface area contributed by atoms with Crippen LogP contribution < -0.4 is 0 Å². The van der Waals surface area contributed by atoms with Crippen LogP contribution in [0.1, 0.15) is 23.4 Å². The molecule has 22 heavy (non-hydrogen) atoms. The number of aryl methyl sites for hydroxylation is 2. The van der Waals surface area contributed by atoms with Crippen LogP contribution in [0.2, 0.25) is 0 Å². The summed E-state index contributed by atoms with van der Waals surface area (Å²) in [4.78, 5) is 3.26. The lowest BCUT2D eigenvalue weighted by Crippen LogP contribution is -2.14. The number of halogens is 6. The average molecular weight is 322 g/mol. The standard InChI is InChI=1S/C12H8F6N4/c1-6-9-7(11(13,14)15)5-8(12(16,17)18)20-10(9)22(21-6)4-2-3-19/h5H,2,4H2,1H3. The number of fused-ring (bicyclic) bond motifs is 1. The lowest BCUT2D eigenvalue weighted by Gasteiger charge is -2.12. The van der Waals surface area contributed by atoms with E-state index in [-0.39, 0.29) is 24.7 Å². The van der Waals surface area contributed by atoms with Gasteiger partial charge in [-0.15, -0.1) is 0 Å². The number of aromatic nitrogens is 3. The van der Waals surface area contributed by atoms with Crippen molar-refractivity contribution in [2.75, 3.05) is 0 Å². The van der Waals surface area contributed by atoms with Gasteiger partial charge in [0.2, 0.25) is 0 Å². The summed E-state index contributed by atoms with van der Waals surface area (Å²) < 4.78 is 78.3. The third kappa shape index (κ3) is 2.84. The summed E-state index contributed by atoms with van der Waals surface area (Å²) in [6.45, 7) is 1.10. The topological polar surface area (TPSA) is 54.5 Å². The Hall–Kier alpha value is -2.31. The average Bonchev–Trinajstić information content (AvgIpc) is 2.70. The number of pyridine rings is 1. The van der Waals surface area contributed by atoms with Gasteiger partial charge in [-0.2, -0.15) is 36.7 Å². The molecule has 2 rings (SSSR count). The van der Waals surface area contributed by atoms with Gasteiger partial charge in [0.15, 0.2) is 5.65 Å². The van der Waals surface area contributed by atoms with Gasteiger partial charge in [-0.25, -0.2) is 9.67 Å². The molecule has 0 saturated carbocycles. The van der Waals surface area contributed by atoms with Gasteiger partial charge >= 0.3 is 12.4 Å². The minimum absolute atomic E-state index is 0.0222. The Morgan fingerprint density at radius 2 is 1.82 bits per heavy atom. The fourth-order valence-electron chi connectivity index (χ4n) is 2.03. The molecule has 0 aliphatic rings. The van der Waals surface area contributed by atoms with E-state index in [2.05, 4.69) is 10.1 Å². The number of hydrogen-bond acceptors (Lipinski definition) is 3. The number of nitriles is 1. The first kappa shape index (κ1) is 16.1. The zero-order chi connectivity index (χ0) is 16.7. The molecule has 2 heterocycles. The first-order valence-electron chi connectivity index (χ1n) is 5.95. The summed E-state index contributed by atoms with van der Waals surface area (Å²) in [6, 6.07) is 1.72. The Morgan fingerprint density at radius 3 is 2.32 bits per heavy atom. The number of rotatable bonds is 2. The van der Waals surface area contributed by atoms with Crippen LogP contribution >= 0.6 is 0 Å². The predicted octanol–water partition coefficient (Wildman–Crippen LogP) is 3.69. The van der Waals surface area contributed by atoms with Crippen LogP contribution in [-0.2, 0) is 18.9 Å². The maximum absolute atomic E-state index is 13.0. The molecular formula is C12H8F6N4. The van der Waals surface area contributed by atoms with Gasteiger partial charge in [0, 0.05) is 0 Å². The second-order valence-corrected chi connectivity index (χ2v) is 4.47. The van der Waals surface area contributed by atoms with Crippen molar-refractivity contribution in [2.24, 2.45) is 0 Å². The fraction of sp³-hybridized carbons (Fsp3) is 0.417. The third-order valence-electron chi connectivity index (χ3n) is 2.91. The first-order chi connectivity index (χ1) is 10.1. The van der Waals surface area contributed by atoms with Gasteiger partial charge in [0.25, 0.3) is 0 Å². The molecule has 0 aliphatic heterocycles. The van der Waals surface area contributed by atoms with Gasteiger partial charge < -0.3 is 0 Å². The van der Waals surface area contributed by atoms with Crippen molar-refractivity contribution < 1.29 is 26.3 Å². The normalized spacial score (nSPS) is 12.6. The SMILES string of the molecule is Cc1nn(CCC#N)c2nc(C(F)(F)F)cc(C(F)(F)F)c12. The van der Waals surface area contributed by atoms with E-state index in [9.17, 15) is 26.3 Å². The van der Waals surface area contributed by atoms with Crippen molar-refractivity contribution in [1.82, 2.24) is 14.8 Å². The van der Waals surface area contributed by atoms with Crippen molar-refractivity contribution in [3.8, 4) is 6.07 Å². The minimum atomic E-state index is -5.02. The molecule has 2 aromatic rings. The van der Waals surface area contributed by atoms with Crippen molar-refractivity contribution in [3.05, 3.63) is 23.0 Å². The van der Waals surface area contributed by atoms with Crippen LogP contribution in [0.5, 0.6) is 0 Å². The lowest BCUT2D eigenvalue weighted by atomic mass is 10.1. The van der Waals surface area contributed by atoms with Crippen LogP contribution in [0, 0.1) is 18.3 Å². The van der Waals surface area contributed by atoms with E-state index < -0.39 is 34.6 Å². The van der Waals surface area contributed by atoms with E-state index in [1.165, 1.54) is 6.92 Å². The Kier molecular flexibility index (Phi) is 3.76. The van der Waals surface area contributed by atoms with E-state index in [0.717, 1.165) is 4.68 Å². The van der Waals surface area contributed by atoms with Crippen LogP contribution in [0.3, 0.4) is 0 Å². The highest BCUT2D eigenvalue weighted by molar-refractivity contribution is 5.83. The molecule has 0 fully saturated rings. The lowest BCUT2D eigenvalue weighted by molar-refractivity contribution is -0.144. The van der Waals surface area contributed by atoms with Crippen LogP contribution in [-0.4, -0.2) is 14.8 Å². The zero-order valence-corrected chi connectivity index (χ0v) is 11.0. The molecule has 0 spiro atoms. The number of alkyl halides is 6. The molecule has 0 radical (unpaired) electrons. The second kappa shape index (κ2) is 5.15. The fourth-order valence-corrected chi connectivity index (χ4v) is 2.03. The van der Waals surface area contributed by atoms with Gasteiger partial charge in [-0.1, -0.05) is 0 Å². The van der Waals surface area contributed by atoms with Crippen LogP contribution in [0.15, 0.2) is 6.07 Å². The summed E-state index contributed by atoms with van der Waals surface area (Å²) in [7, 11) is 0. The zero-order valence-electron chi connectivity index (χ0n) is 11.0. The number of hydrogen-bond donors (Lipinski definition) is 0. The minimum Gasteiger partial charge on any atom is -0.246 e. The maximum atomic E-state index is 13.0. The van der Waals surface area contributed by atoms with Crippen molar-refractivity contribution >= 4 is 11.0 Å². The van der Waals surface area contributed by atoms with E-state index in [1.54, 1.807) is 6.07 Å². The highest BCUT2D eigenvalue weighted by Gasteiger charge is 2.40. The molecule has 0 unspecified atom stereocenters. The van der Waals surface area contributed by atoms with Crippen molar-refractivity contribution in [1.29, 1.82) is 5.26 Å². The van der Waals surface area contributed by atoms with Crippen LogP contribution in [0.25, 0.3) is 11.0 Å². The Bertz CT molecular complexity index is 750. The first-order valence-corrected chi connectivity index (χ1v) is 5.95. The monoisotopic (exact) mass is 322 g/mol. The molecule has 0 N–H and O–H groups in total. The maximum Gasteiger partial charge on any atom is 0.433 e. The highest BCUT2D eigenvalue weighted by atomic mass is 19.4. The molecule has 0 aromatic carbocycles. The third-order valence-corrected chi connectivity index (χ3v) is 2.91. The molecule has 10 heteroatoms. The Morgan fingerprint density at radius 1 is 1.18 bits per heavy atom. The van der Waals surface area contributed by atoms with Crippen molar-refractivity contribution in [2.45, 2.75) is 32.2 Å². The van der Waals surface area contributed by atoms with Gasteiger partial charge in [0.1, 0.15) is 5.69 Å². The molecule has 0 atom stereocenters. The molecule has 4 nitrogen and oxygen atoms in total. The molecular weight excluding hydrogens is 314 g/mol. The quantitative estimate of drug-likeness (QED) is 0.792. The molecule has 0 bridgehead atoms. The van der Waals surface area contributed by atoms with Gasteiger partial charge in [-0.3, -0.25) is 0 Å². The van der Waals surface area contributed by atoms with Gasteiger partial charge in [0.05, 0.1) is 35.7 Å². The Labute approximate surface area is 120 Å². The summed E-state index contributed by atoms with van der Waals surface area (Å²) in [5.41, 5.74) is -3.72. The summed E-state index contributed by atoms with van der Waals surface area (Å²) >= 11 is 0. The predicted molar refractivity (Wildman–Crippen MR) is 62.5 cm³/mol. The summed E-state index contributed by atoms with van der Waals surface area (Å²) in [6.07, 6.45) is -10.1. The molecule has 2 aromatic heterocycles. The molecule has 0 aliphatic carbocycles. The van der Waals surface area contributed by atoms with E-state index in [1.807, 2.05) is 0 Å². The Balaban J connectivity index is 2.82. The number of nitrogens with zero attached hydrogens (tertiary/aromatic N) is 4. The summed E-state index contributed by atoms with van der Waals surface area (Å²) in [5.74, 6) is 0. The summed E-state index contributed by atoms with van der Waals surface area (Å²) in [5, 5.41) is 11.8.